The molecule has 0 aliphatic rings. The largest absolute Gasteiger partial charge is 0.259 e. The van der Waals surface area contributed by atoms with Gasteiger partial charge in [-0.1, -0.05) is 26.2 Å². The summed E-state index contributed by atoms with van der Waals surface area (Å²) in [5, 5.41) is 6.58. The highest BCUT2D eigenvalue weighted by Gasteiger charge is 1.82. The normalized spacial score (nSPS) is 8.56. The van der Waals surface area contributed by atoms with Crippen LogP contribution in [0.2, 0.25) is 0 Å². The molecule has 0 bridgehead atoms. The highest BCUT2D eigenvalue weighted by atomic mass is 14.3. The van der Waals surface area contributed by atoms with Crippen LogP contribution in [0.5, 0.6) is 0 Å². The Bertz CT molecular complexity index is 90.7. The summed E-state index contributed by atoms with van der Waals surface area (Å²) < 4.78 is 0. The van der Waals surface area contributed by atoms with E-state index in [4.69, 9.17) is 5.41 Å². The molecule has 0 saturated carbocycles. The summed E-state index contributed by atoms with van der Waals surface area (Å²) in [6.07, 6.45) is 7.95. The van der Waals surface area contributed by atoms with Crippen LogP contribution in [0, 0.1) is 5.41 Å². The average Bonchev–Trinajstić information content (AvgIpc) is 1.89. The minimum atomic E-state index is 1.03. The third-order valence-electron chi connectivity index (χ3n) is 1.30. The van der Waals surface area contributed by atoms with Crippen LogP contribution >= 0.6 is 0 Å². The minimum Gasteiger partial charge on any atom is -0.259 e. The van der Waals surface area contributed by atoms with Crippen LogP contribution in [0.3, 0.4) is 0 Å². The molecule has 0 unspecified atom stereocenters. The summed E-state index contributed by atoms with van der Waals surface area (Å²) in [6, 6.07) is 0. The molecule has 0 aromatic rings. The summed E-state index contributed by atoms with van der Waals surface area (Å²) in [5.41, 5.74) is 0. The maximum absolute atomic E-state index is 6.58. The molecule has 0 aliphatic carbocycles. The van der Waals surface area contributed by atoms with Gasteiger partial charge in [-0.15, -0.1) is 0 Å². The Morgan fingerprint density at radius 1 is 1.33 bits per heavy atom. The Kier molecular flexibility index (Phi) is 6.99. The van der Waals surface area contributed by atoms with Crippen molar-refractivity contribution in [2.24, 2.45) is 0 Å². The number of hydrogen-bond donors (Lipinski definition) is 1. The van der Waals surface area contributed by atoms with E-state index in [9.17, 15) is 0 Å². The lowest BCUT2D eigenvalue weighted by Crippen LogP contribution is -1.72. The molecule has 0 aromatic carbocycles. The van der Waals surface area contributed by atoms with Crippen molar-refractivity contribution in [3.05, 3.63) is 6.08 Å². The van der Waals surface area contributed by atoms with Crippen molar-refractivity contribution in [2.75, 3.05) is 0 Å². The predicted molar refractivity (Wildman–Crippen MR) is 41.1 cm³/mol. The van der Waals surface area contributed by atoms with E-state index in [0.717, 1.165) is 6.42 Å². The van der Waals surface area contributed by atoms with Crippen molar-refractivity contribution in [2.45, 2.75) is 39.0 Å². The van der Waals surface area contributed by atoms with Gasteiger partial charge in [0.15, 0.2) is 0 Å². The highest BCUT2D eigenvalue weighted by molar-refractivity contribution is 5.46. The first-order valence-corrected chi connectivity index (χ1v) is 3.65. The van der Waals surface area contributed by atoms with Gasteiger partial charge >= 0.3 is 0 Å². The number of allylic oxidation sites excluding steroid dienone is 1. The molecule has 0 heterocycles. The molecule has 0 radical (unpaired) electrons. The van der Waals surface area contributed by atoms with Crippen molar-refractivity contribution in [3.8, 4) is 0 Å². The number of hydrogen-bond acceptors (Lipinski definition) is 1. The quantitative estimate of drug-likeness (QED) is 0.431. The van der Waals surface area contributed by atoms with Crippen LogP contribution in [0.4, 0.5) is 0 Å². The van der Waals surface area contributed by atoms with Gasteiger partial charge in [0.05, 0.1) is 0 Å². The summed E-state index contributed by atoms with van der Waals surface area (Å²) >= 11 is 0. The third-order valence-corrected chi connectivity index (χ3v) is 1.30. The van der Waals surface area contributed by atoms with Gasteiger partial charge in [-0.3, -0.25) is 5.41 Å². The smallest absolute Gasteiger partial charge is 0.0234 e. The standard InChI is InChI=1S/C8H15N/c1-2-3-4-5-6-7-8-9/h7,9H,2-6H2,1H3. The van der Waals surface area contributed by atoms with Gasteiger partial charge in [-0.25, -0.2) is 0 Å². The lowest BCUT2D eigenvalue weighted by atomic mass is 10.2. The molecule has 0 spiro atoms. The molecular formula is C8H15N. The second kappa shape index (κ2) is 7.45. The van der Waals surface area contributed by atoms with Gasteiger partial charge in [0.25, 0.3) is 0 Å². The molecule has 0 aliphatic heterocycles. The Balaban J connectivity index is 2.82. The van der Waals surface area contributed by atoms with E-state index >= 15 is 0 Å². The predicted octanol–water partition coefficient (Wildman–Crippen LogP) is 2.76. The van der Waals surface area contributed by atoms with E-state index in [1.165, 1.54) is 25.7 Å². The van der Waals surface area contributed by atoms with Crippen LogP contribution < -0.4 is 0 Å². The van der Waals surface area contributed by atoms with Crippen molar-refractivity contribution in [3.63, 3.8) is 0 Å². The number of rotatable bonds is 5. The van der Waals surface area contributed by atoms with E-state index in [1.54, 1.807) is 6.08 Å². The Morgan fingerprint density at radius 2 is 2.11 bits per heavy atom. The summed E-state index contributed by atoms with van der Waals surface area (Å²) in [4.78, 5) is 0. The summed E-state index contributed by atoms with van der Waals surface area (Å²) in [7, 11) is 0. The zero-order valence-corrected chi connectivity index (χ0v) is 6.11. The van der Waals surface area contributed by atoms with Gasteiger partial charge in [-0.05, 0) is 24.8 Å². The first-order valence-electron chi connectivity index (χ1n) is 3.65. The van der Waals surface area contributed by atoms with Crippen molar-refractivity contribution in [1.29, 1.82) is 5.41 Å². The Morgan fingerprint density at radius 3 is 2.67 bits per heavy atom. The van der Waals surface area contributed by atoms with Crippen molar-refractivity contribution >= 4 is 5.87 Å². The highest BCUT2D eigenvalue weighted by Crippen LogP contribution is 2.01. The number of nitrogens with one attached hydrogen (secondary N) is 1. The molecule has 0 rings (SSSR count). The molecule has 0 fully saturated rings. The average molecular weight is 125 g/mol. The Hall–Kier alpha value is -0.550. The topological polar surface area (TPSA) is 23.9 Å². The molecule has 9 heavy (non-hydrogen) atoms. The fraction of sp³-hybridized carbons (Fsp3) is 0.750. The van der Waals surface area contributed by atoms with E-state index < -0.39 is 0 Å². The summed E-state index contributed by atoms with van der Waals surface area (Å²) in [5.74, 6) is 2.27. The number of unbranched alkanes of at least 4 members (excludes halogenated alkanes) is 4. The maximum atomic E-state index is 6.58. The molecule has 0 saturated heterocycles. The Labute approximate surface area is 57.3 Å². The van der Waals surface area contributed by atoms with Crippen molar-refractivity contribution < 1.29 is 0 Å². The zero-order valence-electron chi connectivity index (χ0n) is 6.11. The molecule has 1 heteroatoms. The molecule has 1 N–H and O–H groups in total. The molecule has 0 atom stereocenters. The van der Waals surface area contributed by atoms with Gasteiger partial charge in [0.1, 0.15) is 0 Å². The van der Waals surface area contributed by atoms with Crippen LogP contribution in [0.25, 0.3) is 0 Å². The lowest BCUT2D eigenvalue weighted by Gasteiger charge is -1.91. The summed E-state index contributed by atoms with van der Waals surface area (Å²) in [6.45, 7) is 2.20. The maximum Gasteiger partial charge on any atom is -0.0234 e. The van der Waals surface area contributed by atoms with E-state index in [1.807, 2.05) is 0 Å². The fourth-order valence-electron chi connectivity index (χ4n) is 0.745. The van der Waals surface area contributed by atoms with E-state index in [-0.39, 0.29) is 0 Å². The van der Waals surface area contributed by atoms with Gasteiger partial charge < -0.3 is 0 Å². The van der Waals surface area contributed by atoms with E-state index in [2.05, 4.69) is 12.8 Å². The molecule has 52 valence electrons. The molecule has 0 amide bonds. The fourth-order valence-corrected chi connectivity index (χ4v) is 0.745. The van der Waals surface area contributed by atoms with Crippen LogP contribution in [0.15, 0.2) is 6.08 Å². The second-order valence-electron chi connectivity index (χ2n) is 2.20. The molecule has 0 aromatic heterocycles. The van der Waals surface area contributed by atoms with Crippen molar-refractivity contribution in [1.82, 2.24) is 0 Å². The van der Waals surface area contributed by atoms with Crippen LogP contribution in [-0.4, -0.2) is 5.87 Å². The third kappa shape index (κ3) is 7.45. The first kappa shape index (κ1) is 8.45. The SMILES string of the molecule is CCCCCCC=C=N. The van der Waals surface area contributed by atoms with E-state index in [0.29, 0.717) is 0 Å². The van der Waals surface area contributed by atoms with Crippen LogP contribution in [-0.2, 0) is 0 Å². The van der Waals surface area contributed by atoms with Gasteiger partial charge in [0, 0.05) is 0 Å². The lowest BCUT2D eigenvalue weighted by molar-refractivity contribution is 0.675. The monoisotopic (exact) mass is 125 g/mol. The van der Waals surface area contributed by atoms with Crippen LogP contribution in [0.1, 0.15) is 39.0 Å². The minimum absolute atomic E-state index is 1.03. The second-order valence-corrected chi connectivity index (χ2v) is 2.20. The first-order chi connectivity index (χ1) is 4.41. The zero-order chi connectivity index (χ0) is 6.95. The molecule has 1 nitrogen and oxygen atoms in total. The van der Waals surface area contributed by atoms with Gasteiger partial charge in [0.2, 0.25) is 0 Å². The molecular weight excluding hydrogens is 110 g/mol. The van der Waals surface area contributed by atoms with Gasteiger partial charge in [-0.2, -0.15) is 0 Å².